The number of rotatable bonds is 5. The smallest absolute Gasteiger partial charge is 0.315 e. The lowest BCUT2D eigenvalue weighted by Crippen LogP contribution is -2.15. The van der Waals surface area contributed by atoms with Gasteiger partial charge in [0.1, 0.15) is 5.75 Å². The second-order valence-corrected chi connectivity index (χ2v) is 8.58. The molecule has 2 aromatic heterocycles. The van der Waals surface area contributed by atoms with E-state index in [1.807, 2.05) is 18.4 Å². The first-order chi connectivity index (χ1) is 10.3. The van der Waals surface area contributed by atoms with E-state index in [2.05, 4.69) is 15.5 Å². The Bertz CT molecular complexity index is 809. The molecule has 1 amide bonds. The first-order valence-corrected chi connectivity index (χ1v) is 9.62. The lowest BCUT2D eigenvalue weighted by molar-refractivity contribution is -0.117. The van der Waals surface area contributed by atoms with Gasteiger partial charge in [0.2, 0.25) is 5.91 Å². The van der Waals surface area contributed by atoms with E-state index >= 15 is 0 Å². The molecule has 0 spiro atoms. The normalized spacial score (nSPS) is 20.8. The predicted octanol–water partition coefficient (Wildman–Crippen LogP) is 1.73. The third-order valence-corrected chi connectivity index (χ3v) is 5.39. The van der Waals surface area contributed by atoms with Crippen LogP contribution < -0.4 is 5.32 Å². The zero-order valence-electron chi connectivity index (χ0n) is 12.1. The number of hydrogen-bond acceptors (Lipinski definition) is 7. The first-order valence-electron chi connectivity index (χ1n) is 6.68. The summed E-state index contributed by atoms with van der Waals surface area (Å²) in [7, 11) is -3.24. The van der Waals surface area contributed by atoms with Crippen molar-refractivity contribution in [2.24, 2.45) is 5.92 Å². The molecule has 0 saturated heterocycles. The molecule has 2 heterocycles. The highest BCUT2D eigenvalue weighted by atomic mass is 32.2. The molecule has 3 rings (SSSR count). The second kappa shape index (κ2) is 5.47. The van der Waals surface area contributed by atoms with Gasteiger partial charge in [0, 0.05) is 23.0 Å². The fourth-order valence-corrected chi connectivity index (χ4v) is 4.03. The van der Waals surface area contributed by atoms with Crippen LogP contribution in [0, 0.1) is 12.8 Å². The molecule has 2 atom stereocenters. The molecular weight excluding hydrogens is 326 g/mol. The molecule has 0 radical (unpaired) electrons. The number of amides is 1. The van der Waals surface area contributed by atoms with Crippen molar-refractivity contribution in [1.29, 1.82) is 0 Å². The van der Waals surface area contributed by atoms with Crippen molar-refractivity contribution in [1.82, 2.24) is 10.1 Å². The second-order valence-electron chi connectivity index (χ2n) is 5.49. The van der Waals surface area contributed by atoms with Crippen LogP contribution in [-0.4, -0.2) is 30.7 Å². The number of hydrogen-bond donors (Lipinski definition) is 1. The van der Waals surface area contributed by atoms with Gasteiger partial charge >= 0.3 is 6.01 Å². The quantitative estimate of drug-likeness (QED) is 0.888. The average Bonchev–Trinajstić information content (AvgIpc) is 2.91. The lowest BCUT2D eigenvalue weighted by Gasteiger charge is -1.99. The number of aryl methyl sites for hydroxylation is 1. The maximum absolute atomic E-state index is 12.1. The Labute approximate surface area is 131 Å². The number of anilines is 1. The van der Waals surface area contributed by atoms with Gasteiger partial charge in [0.15, 0.2) is 15.7 Å². The summed E-state index contributed by atoms with van der Waals surface area (Å²) in [6, 6.07) is 1.99. The zero-order chi connectivity index (χ0) is 15.9. The van der Waals surface area contributed by atoms with Crippen LogP contribution in [0.4, 0.5) is 6.01 Å². The summed E-state index contributed by atoms with van der Waals surface area (Å²) < 4.78 is 27.2. The van der Waals surface area contributed by atoms with E-state index in [0.29, 0.717) is 0 Å². The maximum Gasteiger partial charge on any atom is 0.328 e. The highest BCUT2D eigenvalue weighted by molar-refractivity contribution is 7.89. The number of nitrogens with zero attached hydrogens (tertiary/aromatic N) is 2. The number of carbonyl (C=O) groups excluding carboxylic acids is 1. The minimum absolute atomic E-state index is 0.0410. The monoisotopic (exact) mass is 341 g/mol. The van der Waals surface area contributed by atoms with Gasteiger partial charge < -0.3 is 4.52 Å². The number of nitrogens with one attached hydrogen (secondary N) is 1. The molecule has 1 saturated carbocycles. The van der Waals surface area contributed by atoms with Gasteiger partial charge in [-0.25, -0.2) is 8.42 Å². The molecule has 7 nitrogen and oxygen atoms in total. The van der Waals surface area contributed by atoms with Crippen molar-refractivity contribution in [3.63, 3.8) is 0 Å². The van der Waals surface area contributed by atoms with Crippen molar-refractivity contribution in [2.75, 3.05) is 11.6 Å². The fraction of sp³-hybridized carbons (Fsp3) is 0.462. The van der Waals surface area contributed by atoms with Crippen LogP contribution in [0.5, 0.6) is 0 Å². The minimum Gasteiger partial charge on any atom is -0.315 e. The number of aromatic nitrogens is 2. The summed E-state index contributed by atoms with van der Waals surface area (Å²) in [6.45, 7) is 2.04. The summed E-state index contributed by atoms with van der Waals surface area (Å²) in [4.78, 5) is 17.2. The largest absolute Gasteiger partial charge is 0.328 e. The van der Waals surface area contributed by atoms with Crippen LogP contribution >= 0.6 is 11.3 Å². The molecular formula is C13H15N3O4S2. The fourth-order valence-electron chi connectivity index (χ4n) is 2.33. The Morgan fingerprint density at radius 3 is 2.95 bits per heavy atom. The van der Waals surface area contributed by atoms with Gasteiger partial charge in [-0.3, -0.25) is 10.1 Å². The molecule has 0 unspecified atom stereocenters. The molecule has 0 bridgehead atoms. The molecule has 1 N–H and O–H groups in total. The summed E-state index contributed by atoms with van der Waals surface area (Å²) in [5.41, 5.74) is 1.21. The Morgan fingerprint density at radius 1 is 1.55 bits per heavy atom. The van der Waals surface area contributed by atoms with Gasteiger partial charge in [0.25, 0.3) is 0 Å². The molecule has 0 aliphatic heterocycles. The Morgan fingerprint density at radius 2 is 2.32 bits per heavy atom. The van der Waals surface area contributed by atoms with Crippen LogP contribution in [0.1, 0.15) is 28.6 Å². The van der Waals surface area contributed by atoms with Crippen molar-refractivity contribution in [3.05, 3.63) is 27.7 Å². The molecule has 1 aliphatic carbocycles. The molecule has 1 fully saturated rings. The molecule has 118 valence electrons. The third-order valence-electron chi connectivity index (χ3n) is 3.46. The van der Waals surface area contributed by atoms with Crippen LogP contribution in [0.2, 0.25) is 0 Å². The summed E-state index contributed by atoms with van der Waals surface area (Å²) >= 11 is 1.66. The van der Waals surface area contributed by atoms with E-state index in [4.69, 9.17) is 4.52 Å². The van der Waals surface area contributed by atoms with E-state index in [0.717, 1.165) is 12.7 Å². The molecule has 0 aromatic carbocycles. The number of thiophene rings is 1. The van der Waals surface area contributed by atoms with Crippen LogP contribution in [0.3, 0.4) is 0 Å². The summed E-state index contributed by atoms with van der Waals surface area (Å²) in [6.07, 6.45) is 1.89. The van der Waals surface area contributed by atoms with Crippen LogP contribution in [0.25, 0.3) is 0 Å². The standard InChI is InChI=1S/C13H15N3O4S2/c1-7-3-4-21-11(7)8-5-9(8)12(17)15-13-14-10(16-20-13)6-22(2,18)19/h3-4,8-9H,5-6H2,1-2H3,(H,14,15,16,17)/t8-,9+/m1/s1. The van der Waals surface area contributed by atoms with Gasteiger partial charge in [-0.15, -0.1) is 11.3 Å². The van der Waals surface area contributed by atoms with Gasteiger partial charge in [-0.2, -0.15) is 4.98 Å². The molecule has 2 aromatic rings. The Kier molecular flexibility index (Phi) is 3.77. The van der Waals surface area contributed by atoms with E-state index in [-0.39, 0.29) is 35.3 Å². The molecule has 9 heteroatoms. The first kappa shape index (κ1) is 15.2. The minimum atomic E-state index is -3.24. The SMILES string of the molecule is Cc1ccsc1[C@@H]1C[C@@H]1C(=O)Nc1nc(CS(C)(=O)=O)no1. The van der Waals surface area contributed by atoms with Gasteiger partial charge in [0.05, 0.1) is 0 Å². The molecule has 22 heavy (non-hydrogen) atoms. The predicted molar refractivity (Wildman–Crippen MR) is 81.4 cm³/mol. The van der Waals surface area contributed by atoms with Crippen LogP contribution in [0.15, 0.2) is 16.0 Å². The number of carbonyl (C=O) groups is 1. The van der Waals surface area contributed by atoms with Crippen molar-refractivity contribution < 1.29 is 17.7 Å². The van der Waals surface area contributed by atoms with Crippen molar-refractivity contribution in [2.45, 2.75) is 25.0 Å². The van der Waals surface area contributed by atoms with E-state index in [1.165, 1.54) is 10.4 Å². The Hall–Kier alpha value is -1.74. The van der Waals surface area contributed by atoms with E-state index in [9.17, 15) is 13.2 Å². The lowest BCUT2D eigenvalue weighted by atomic mass is 10.2. The van der Waals surface area contributed by atoms with E-state index in [1.54, 1.807) is 11.3 Å². The maximum atomic E-state index is 12.1. The van der Waals surface area contributed by atoms with Gasteiger partial charge in [-0.1, -0.05) is 5.16 Å². The topological polar surface area (TPSA) is 102 Å². The highest BCUT2D eigenvalue weighted by Crippen LogP contribution is 2.50. The van der Waals surface area contributed by atoms with Crippen molar-refractivity contribution in [3.8, 4) is 0 Å². The highest BCUT2D eigenvalue weighted by Gasteiger charge is 2.45. The third kappa shape index (κ3) is 3.36. The van der Waals surface area contributed by atoms with E-state index < -0.39 is 9.84 Å². The van der Waals surface area contributed by atoms with Gasteiger partial charge in [-0.05, 0) is 30.4 Å². The Balaban J connectivity index is 1.61. The summed E-state index contributed by atoms with van der Waals surface area (Å²) in [5, 5.41) is 8.11. The summed E-state index contributed by atoms with van der Waals surface area (Å²) in [5.74, 6) is -0.292. The van der Waals surface area contributed by atoms with Crippen LogP contribution in [-0.2, 0) is 20.4 Å². The number of sulfone groups is 1. The molecule has 1 aliphatic rings. The average molecular weight is 341 g/mol. The zero-order valence-corrected chi connectivity index (χ0v) is 13.7. The van der Waals surface area contributed by atoms with Crippen molar-refractivity contribution >= 4 is 33.1 Å².